The van der Waals surface area contributed by atoms with Gasteiger partial charge in [0.05, 0.1) is 19.6 Å². The van der Waals surface area contributed by atoms with Crippen LogP contribution in [0.15, 0.2) is 24.3 Å². The normalized spacial score (nSPS) is 20.3. The molecule has 0 saturated carbocycles. The van der Waals surface area contributed by atoms with Gasteiger partial charge in [-0.1, -0.05) is 0 Å². The van der Waals surface area contributed by atoms with Crippen LogP contribution in [0.1, 0.15) is 20.3 Å². The second-order valence-corrected chi connectivity index (χ2v) is 7.93. The van der Waals surface area contributed by atoms with Crippen LogP contribution in [0.4, 0.5) is 5.69 Å². The van der Waals surface area contributed by atoms with E-state index >= 15 is 0 Å². The van der Waals surface area contributed by atoms with Crippen LogP contribution in [0.5, 0.6) is 5.75 Å². The number of benzene rings is 1. The van der Waals surface area contributed by atoms with E-state index in [-0.39, 0.29) is 36.1 Å². The second-order valence-electron chi connectivity index (χ2n) is 7.93. The number of ether oxygens (including phenoxy) is 1. The first-order valence-electron chi connectivity index (χ1n) is 10.1. The third-order valence-electron chi connectivity index (χ3n) is 5.36. The second kappa shape index (κ2) is 9.26. The summed E-state index contributed by atoms with van der Waals surface area (Å²) in [6, 6.07) is 7.42. The van der Waals surface area contributed by atoms with Crippen LogP contribution in [0.2, 0.25) is 0 Å². The molecule has 2 aliphatic rings. The highest BCUT2D eigenvalue weighted by molar-refractivity contribution is 6.00. The van der Waals surface area contributed by atoms with E-state index in [0.717, 1.165) is 11.4 Å². The minimum atomic E-state index is -0.319. The number of amides is 3. The zero-order valence-electron chi connectivity index (χ0n) is 17.4. The number of hydrogen-bond donors (Lipinski definition) is 1. The Bertz CT molecular complexity index is 742. The van der Waals surface area contributed by atoms with E-state index in [1.54, 1.807) is 12.0 Å². The smallest absolute Gasteiger partial charge is 0.234 e. The summed E-state index contributed by atoms with van der Waals surface area (Å²) < 4.78 is 5.16. The molecule has 2 fully saturated rings. The van der Waals surface area contributed by atoms with E-state index in [2.05, 4.69) is 10.2 Å². The molecule has 0 bridgehead atoms. The Kier molecular flexibility index (Phi) is 6.74. The summed E-state index contributed by atoms with van der Waals surface area (Å²) in [6.07, 6.45) is 0.238. The van der Waals surface area contributed by atoms with Crippen LogP contribution < -0.4 is 15.0 Å². The van der Waals surface area contributed by atoms with Gasteiger partial charge in [-0.25, -0.2) is 0 Å². The van der Waals surface area contributed by atoms with Gasteiger partial charge in [-0.3, -0.25) is 19.3 Å². The highest BCUT2D eigenvalue weighted by Crippen LogP contribution is 2.28. The first-order chi connectivity index (χ1) is 13.9. The lowest BCUT2D eigenvalue weighted by atomic mass is 10.1. The van der Waals surface area contributed by atoms with Gasteiger partial charge < -0.3 is 19.9 Å². The van der Waals surface area contributed by atoms with Crippen molar-refractivity contribution in [2.24, 2.45) is 5.92 Å². The largest absolute Gasteiger partial charge is 0.497 e. The van der Waals surface area contributed by atoms with Gasteiger partial charge in [-0.15, -0.1) is 0 Å². The van der Waals surface area contributed by atoms with Crippen LogP contribution in [0, 0.1) is 5.92 Å². The Morgan fingerprint density at radius 1 is 1.14 bits per heavy atom. The number of rotatable bonds is 6. The number of piperazine rings is 1. The minimum Gasteiger partial charge on any atom is -0.497 e. The minimum absolute atomic E-state index is 0.0105. The highest BCUT2D eigenvalue weighted by Gasteiger charge is 2.38. The van der Waals surface area contributed by atoms with Crippen molar-refractivity contribution in [3.8, 4) is 5.75 Å². The lowest BCUT2D eigenvalue weighted by molar-refractivity contribution is -0.137. The summed E-state index contributed by atoms with van der Waals surface area (Å²) in [7, 11) is 1.60. The summed E-state index contributed by atoms with van der Waals surface area (Å²) in [5.74, 6) is 0.419. The van der Waals surface area contributed by atoms with Crippen LogP contribution in [-0.2, 0) is 14.4 Å². The summed E-state index contributed by atoms with van der Waals surface area (Å²) >= 11 is 0. The van der Waals surface area contributed by atoms with Gasteiger partial charge >= 0.3 is 0 Å². The predicted octanol–water partition coefficient (Wildman–Crippen LogP) is 0.717. The fraction of sp³-hybridized carbons (Fsp3) is 0.571. The molecule has 0 spiro atoms. The fourth-order valence-electron chi connectivity index (χ4n) is 3.84. The maximum Gasteiger partial charge on any atom is 0.234 e. The SMILES string of the molecule is COc1ccc(N2C[C@H](C(=O)N3CCN(CC(=O)NC(C)C)CC3)CC2=O)cc1. The molecule has 1 aromatic rings. The first-order valence-corrected chi connectivity index (χ1v) is 10.1. The number of carbonyl (C=O) groups is 3. The van der Waals surface area contributed by atoms with Gasteiger partial charge in [-0.05, 0) is 38.1 Å². The third kappa shape index (κ3) is 5.26. The summed E-state index contributed by atoms with van der Waals surface area (Å²) in [5, 5.41) is 2.89. The Labute approximate surface area is 171 Å². The van der Waals surface area contributed by atoms with E-state index < -0.39 is 0 Å². The number of hydrogen-bond acceptors (Lipinski definition) is 5. The molecule has 0 aliphatic carbocycles. The van der Waals surface area contributed by atoms with Crippen molar-refractivity contribution < 1.29 is 19.1 Å². The molecular formula is C21H30N4O4. The van der Waals surface area contributed by atoms with Crippen LogP contribution in [0.25, 0.3) is 0 Å². The van der Waals surface area contributed by atoms with E-state index in [9.17, 15) is 14.4 Å². The molecule has 8 heteroatoms. The molecule has 0 aromatic heterocycles. The van der Waals surface area contributed by atoms with E-state index in [1.165, 1.54) is 0 Å². The van der Waals surface area contributed by atoms with Crippen molar-refractivity contribution in [2.45, 2.75) is 26.3 Å². The van der Waals surface area contributed by atoms with Crippen molar-refractivity contribution in [1.82, 2.24) is 15.1 Å². The van der Waals surface area contributed by atoms with Crippen LogP contribution in [0.3, 0.4) is 0 Å². The average Bonchev–Trinajstić information content (AvgIpc) is 3.09. The van der Waals surface area contributed by atoms with Crippen molar-refractivity contribution in [3.05, 3.63) is 24.3 Å². The van der Waals surface area contributed by atoms with Gasteiger partial charge in [0.1, 0.15) is 5.75 Å². The average molecular weight is 402 g/mol. The molecule has 0 radical (unpaired) electrons. The molecule has 3 rings (SSSR count). The lowest BCUT2D eigenvalue weighted by Gasteiger charge is -2.35. The van der Waals surface area contributed by atoms with E-state index in [4.69, 9.17) is 4.74 Å². The molecule has 158 valence electrons. The fourth-order valence-corrected chi connectivity index (χ4v) is 3.84. The number of nitrogens with one attached hydrogen (secondary N) is 1. The molecule has 2 aliphatic heterocycles. The number of anilines is 1. The Balaban J connectivity index is 1.51. The monoisotopic (exact) mass is 402 g/mol. The molecule has 3 amide bonds. The topological polar surface area (TPSA) is 82.2 Å². The van der Waals surface area contributed by atoms with E-state index in [0.29, 0.717) is 39.3 Å². The molecule has 0 unspecified atom stereocenters. The zero-order chi connectivity index (χ0) is 21.0. The van der Waals surface area contributed by atoms with Crippen molar-refractivity contribution in [2.75, 3.05) is 51.3 Å². The maximum atomic E-state index is 12.9. The number of methoxy groups -OCH3 is 1. The lowest BCUT2D eigenvalue weighted by Crippen LogP contribution is -2.52. The molecular weight excluding hydrogens is 372 g/mol. The summed E-state index contributed by atoms with van der Waals surface area (Å²) in [5.41, 5.74) is 0.784. The highest BCUT2D eigenvalue weighted by atomic mass is 16.5. The molecule has 1 N–H and O–H groups in total. The van der Waals surface area contributed by atoms with Crippen molar-refractivity contribution in [3.63, 3.8) is 0 Å². The Morgan fingerprint density at radius 2 is 1.79 bits per heavy atom. The van der Waals surface area contributed by atoms with Crippen LogP contribution in [-0.4, -0.2) is 79.9 Å². The van der Waals surface area contributed by atoms with Gasteiger partial charge in [0.25, 0.3) is 0 Å². The Hall–Kier alpha value is -2.61. The van der Waals surface area contributed by atoms with Gasteiger partial charge in [0, 0.05) is 50.9 Å². The Morgan fingerprint density at radius 3 is 2.38 bits per heavy atom. The van der Waals surface area contributed by atoms with Gasteiger partial charge in [0.15, 0.2) is 0 Å². The van der Waals surface area contributed by atoms with E-state index in [1.807, 2.05) is 43.0 Å². The summed E-state index contributed by atoms with van der Waals surface area (Å²) in [6.45, 7) is 7.13. The molecule has 29 heavy (non-hydrogen) atoms. The molecule has 1 atom stereocenters. The quantitative estimate of drug-likeness (QED) is 0.758. The predicted molar refractivity (Wildman–Crippen MR) is 110 cm³/mol. The van der Waals surface area contributed by atoms with Crippen LogP contribution >= 0.6 is 0 Å². The molecule has 2 heterocycles. The van der Waals surface area contributed by atoms with Gasteiger partial charge in [0.2, 0.25) is 17.7 Å². The zero-order valence-corrected chi connectivity index (χ0v) is 17.4. The molecule has 8 nitrogen and oxygen atoms in total. The number of carbonyl (C=O) groups excluding carboxylic acids is 3. The molecule has 1 aromatic carbocycles. The van der Waals surface area contributed by atoms with Gasteiger partial charge in [-0.2, -0.15) is 0 Å². The third-order valence-corrected chi connectivity index (χ3v) is 5.36. The van der Waals surface area contributed by atoms with Crippen molar-refractivity contribution >= 4 is 23.4 Å². The molecule has 2 saturated heterocycles. The van der Waals surface area contributed by atoms with Crippen molar-refractivity contribution in [1.29, 1.82) is 0 Å². The number of nitrogens with zero attached hydrogens (tertiary/aromatic N) is 3. The first kappa shape index (κ1) is 21.1. The maximum absolute atomic E-state index is 12.9. The summed E-state index contributed by atoms with van der Waals surface area (Å²) in [4.78, 5) is 42.9. The standard InChI is InChI=1S/C21H30N4O4/c1-15(2)22-19(26)14-23-8-10-24(11-9-23)21(28)16-12-20(27)25(13-16)17-4-6-18(29-3)7-5-17/h4-7,15-16H,8-14H2,1-3H3,(H,22,26)/t16-/m1/s1.